The Labute approximate surface area is 213 Å². The molecule has 194 valence electrons. The minimum Gasteiger partial charge on any atom is -0.464 e. The van der Waals surface area contributed by atoms with Gasteiger partial charge in [-0.1, -0.05) is 17.4 Å². The van der Waals surface area contributed by atoms with E-state index in [0.717, 1.165) is 86.6 Å². The van der Waals surface area contributed by atoms with E-state index < -0.39 is 12.5 Å². The third kappa shape index (κ3) is 6.03. The summed E-state index contributed by atoms with van der Waals surface area (Å²) in [7, 11) is 1.87. The number of hydrogen-bond acceptors (Lipinski definition) is 6. The largest absolute Gasteiger partial charge is 0.464 e. The van der Waals surface area contributed by atoms with Crippen LogP contribution in [0, 0.1) is 5.92 Å². The van der Waals surface area contributed by atoms with Gasteiger partial charge in [0.25, 0.3) is 17.0 Å². The van der Waals surface area contributed by atoms with Gasteiger partial charge in [-0.2, -0.15) is 5.10 Å². The number of nitrogens with one attached hydrogen (secondary N) is 1. The van der Waals surface area contributed by atoms with Crippen LogP contribution in [0.5, 0.6) is 5.19 Å². The van der Waals surface area contributed by atoms with Crippen LogP contribution in [0.1, 0.15) is 60.0 Å². The van der Waals surface area contributed by atoms with Crippen molar-refractivity contribution in [3.05, 3.63) is 40.5 Å². The molecule has 5 rings (SSSR count). The van der Waals surface area contributed by atoms with E-state index in [0.29, 0.717) is 16.7 Å². The number of halogens is 2. The Balaban J connectivity index is 1.06. The molecule has 3 aromatic rings. The predicted octanol–water partition coefficient (Wildman–Crippen LogP) is 4.80. The van der Waals surface area contributed by atoms with Gasteiger partial charge in [-0.05, 0) is 63.1 Å². The van der Waals surface area contributed by atoms with Gasteiger partial charge in [0.1, 0.15) is 0 Å². The van der Waals surface area contributed by atoms with Gasteiger partial charge >= 0.3 is 0 Å². The molecule has 0 radical (unpaired) electrons. The summed E-state index contributed by atoms with van der Waals surface area (Å²) >= 11 is 1.40. The highest BCUT2D eigenvalue weighted by atomic mass is 32.1. The van der Waals surface area contributed by atoms with Gasteiger partial charge in [-0.25, -0.2) is 13.8 Å². The van der Waals surface area contributed by atoms with Gasteiger partial charge in [0.15, 0.2) is 6.61 Å². The van der Waals surface area contributed by atoms with Crippen LogP contribution in [0.15, 0.2) is 24.4 Å². The minimum absolute atomic E-state index is 0.0181. The number of carbonyl (C=O) groups is 1. The topological polar surface area (TPSA) is 72.3 Å². The Hall–Kier alpha value is -2.59. The van der Waals surface area contributed by atoms with Crippen molar-refractivity contribution >= 4 is 28.1 Å². The fourth-order valence-corrected chi connectivity index (χ4v) is 6.16. The molecule has 0 bridgehead atoms. The highest BCUT2D eigenvalue weighted by Gasteiger charge is 2.27. The van der Waals surface area contributed by atoms with E-state index in [4.69, 9.17) is 4.74 Å². The van der Waals surface area contributed by atoms with Gasteiger partial charge in [-0.15, -0.1) is 0 Å². The fourth-order valence-electron chi connectivity index (χ4n) is 5.25. The average molecular weight is 518 g/mol. The van der Waals surface area contributed by atoms with Crippen molar-refractivity contribution in [3.8, 4) is 5.19 Å². The molecule has 1 aliphatic carbocycles. The molecule has 1 aromatic carbocycles. The van der Waals surface area contributed by atoms with Crippen LogP contribution in [0.3, 0.4) is 0 Å². The summed E-state index contributed by atoms with van der Waals surface area (Å²) in [5, 5.41) is 8.88. The summed E-state index contributed by atoms with van der Waals surface area (Å²) < 4.78 is 33.1. The van der Waals surface area contributed by atoms with Crippen LogP contribution in [-0.2, 0) is 20.0 Å². The Morgan fingerprint density at radius 1 is 1.28 bits per heavy atom. The van der Waals surface area contributed by atoms with Gasteiger partial charge in [0, 0.05) is 49.6 Å². The minimum atomic E-state index is -2.85. The van der Waals surface area contributed by atoms with Crippen LogP contribution >= 0.6 is 11.3 Å². The molecule has 0 saturated heterocycles. The SMILES string of the molecule is Cn1cc2c(C(=O)N[C@H]3CC[C@H](CCN4CCc5sc(OCC(C)(F)F)nc5C4)CC3)cccc2n1. The summed E-state index contributed by atoms with van der Waals surface area (Å²) in [6.45, 7) is 2.94. The number of hydrogen-bond donors (Lipinski definition) is 1. The van der Waals surface area contributed by atoms with Crippen molar-refractivity contribution < 1.29 is 18.3 Å². The van der Waals surface area contributed by atoms with Crippen molar-refractivity contribution in [1.29, 1.82) is 0 Å². The molecule has 0 unspecified atom stereocenters. The number of amides is 1. The average Bonchev–Trinajstić information content (AvgIpc) is 3.43. The number of ether oxygens (including phenoxy) is 1. The monoisotopic (exact) mass is 517 g/mol. The molecule has 1 N–H and O–H groups in total. The number of alkyl halides is 2. The number of rotatable bonds is 8. The maximum Gasteiger partial charge on any atom is 0.278 e. The van der Waals surface area contributed by atoms with E-state index in [1.165, 1.54) is 11.3 Å². The lowest BCUT2D eigenvalue weighted by atomic mass is 9.84. The molecule has 3 heterocycles. The Morgan fingerprint density at radius 3 is 2.86 bits per heavy atom. The number of aromatic nitrogens is 3. The maximum atomic E-state index is 13.1. The summed E-state index contributed by atoms with van der Waals surface area (Å²) in [5.74, 6) is -2.22. The third-order valence-electron chi connectivity index (χ3n) is 7.18. The van der Waals surface area contributed by atoms with Crippen molar-refractivity contribution in [2.45, 2.75) is 64.0 Å². The van der Waals surface area contributed by atoms with Crippen LogP contribution < -0.4 is 10.1 Å². The van der Waals surface area contributed by atoms with Crippen molar-refractivity contribution in [2.75, 3.05) is 19.7 Å². The highest BCUT2D eigenvalue weighted by Crippen LogP contribution is 2.32. The fraction of sp³-hybridized carbons (Fsp3) is 0.577. The van der Waals surface area contributed by atoms with Gasteiger partial charge in [-0.3, -0.25) is 14.4 Å². The Kier molecular flexibility index (Phi) is 7.25. The van der Waals surface area contributed by atoms with Crippen LogP contribution in [0.25, 0.3) is 10.9 Å². The van der Waals surface area contributed by atoms with E-state index in [1.807, 2.05) is 31.4 Å². The molecule has 0 spiro atoms. The number of carbonyl (C=O) groups excluding carboxylic acids is 1. The molecule has 36 heavy (non-hydrogen) atoms. The molecule has 2 aliphatic rings. The van der Waals surface area contributed by atoms with Crippen LogP contribution in [-0.4, -0.2) is 57.2 Å². The molecule has 1 saturated carbocycles. The highest BCUT2D eigenvalue weighted by molar-refractivity contribution is 7.13. The lowest BCUT2D eigenvalue weighted by molar-refractivity contribution is -0.0230. The number of benzene rings is 1. The first kappa shape index (κ1) is 25.1. The summed E-state index contributed by atoms with van der Waals surface area (Å²) in [4.78, 5) is 21.0. The lowest BCUT2D eigenvalue weighted by Gasteiger charge is -2.32. The van der Waals surface area contributed by atoms with Crippen LogP contribution in [0.2, 0.25) is 0 Å². The molecule has 1 fully saturated rings. The normalized spacial score (nSPS) is 20.9. The number of thiazole rings is 1. The van der Waals surface area contributed by atoms with Gasteiger partial charge in [0.05, 0.1) is 16.8 Å². The van der Waals surface area contributed by atoms with Crippen molar-refractivity contribution in [3.63, 3.8) is 0 Å². The molecule has 7 nitrogen and oxygen atoms in total. The van der Waals surface area contributed by atoms with Gasteiger partial charge < -0.3 is 10.1 Å². The first-order valence-corrected chi connectivity index (χ1v) is 13.5. The predicted molar refractivity (Wildman–Crippen MR) is 136 cm³/mol. The standard InChI is InChI=1S/C26H33F2N5O2S/c1-26(27,28)16-35-25-30-22-15-33(13-11-23(22)36-25)12-10-17-6-8-18(9-7-17)29-24(34)19-4-3-5-21-20(19)14-32(2)31-21/h3-5,14,17-18H,6-13,15-16H2,1-2H3,(H,29,34)/t17-,18-. The van der Waals surface area contributed by atoms with Crippen LogP contribution in [0.4, 0.5) is 8.78 Å². The Bertz CT molecular complexity index is 1210. The van der Waals surface area contributed by atoms with Crippen molar-refractivity contribution in [1.82, 2.24) is 25.0 Å². The third-order valence-corrected chi connectivity index (χ3v) is 8.25. The molecular weight excluding hydrogens is 484 g/mol. The molecule has 10 heteroatoms. The molecule has 2 aromatic heterocycles. The summed E-state index contributed by atoms with van der Waals surface area (Å²) in [5.41, 5.74) is 2.49. The maximum absolute atomic E-state index is 13.1. The second-order valence-corrected chi connectivity index (χ2v) is 11.3. The molecular formula is C26H33F2N5O2S. The summed E-state index contributed by atoms with van der Waals surface area (Å²) in [6, 6.07) is 5.89. The zero-order valence-corrected chi connectivity index (χ0v) is 21.6. The second kappa shape index (κ2) is 10.4. The van der Waals surface area contributed by atoms with E-state index in [-0.39, 0.29) is 11.9 Å². The van der Waals surface area contributed by atoms with Crippen molar-refractivity contribution in [2.24, 2.45) is 13.0 Å². The van der Waals surface area contributed by atoms with E-state index in [2.05, 4.69) is 20.3 Å². The van der Waals surface area contributed by atoms with E-state index in [1.54, 1.807) is 4.68 Å². The quantitative estimate of drug-likeness (QED) is 0.465. The smallest absolute Gasteiger partial charge is 0.278 e. The second-order valence-electron chi connectivity index (χ2n) is 10.3. The first-order chi connectivity index (χ1) is 17.2. The van der Waals surface area contributed by atoms with Gasteiger partial charge in [0.2, 0.25) is 0 Å². The zero-order chi connectivity index (χ0) is 25.3. The Morgan fingerprint density at radius 2 is 2.08 bits per heavy atom. The number of aryl methyl sites for hydroxylation is 1. The molecule has 0 atom stereocenters. The lowest BCUT2D eigenvalue weighted by Crippen LogP contribution is -2.38. The molecule has 1 aliphatic heterocycles. The van der Waals surface area contributed by atoms with E-state index >= 15 is 0 Å². The molecule has 1 amide bonds. The zero-order valence-electron chi connectivity index (χ0n) is 20.8. The number of nitrogens with zero attached hydrogens (tertiary/aromatic N) is 4. The van der Waals surface area contributed by atoms with E-state index in [9.17, 15) is 13.6 Å². The number of fused-ring (bicyclic) bond motifs is 2. The first-order valence-electron chi connectivity index (χ1n) is 12.7. The summed E-state index contributed by atoms with van der Waals surface area (Å²) in [6.07, 6.45) is 8.13.